The van der Waals surface area contributed by atoms with Crippen LogP contribution in [0, 0.1) is 5.92 Å². The summed E-state index contributed by atoms with van der Waals surface area (Å²) in [6, 6.07) is 14.7. The number of aliphatic carboxylic acids is 1. The smallest absolute Gasteiger partial charge is 0.338 e. The molecule has 0 radical (unpaired) electrons. The number of hydrogen-bond acceptors (Lipinski definition) is 5. The van der Waals surface area contributed by atoms with Gasteiger partial charge in [-0.3, -0.25) is 4.79 Å². The van der Waals surface area contributed by atoms with Gasteiger partial charge in [0.15, 0.2) is 5.15 Å². The van der Waals surface area contributed by atoms with Crippen LogP contribution in [0.1, 0.15) is 77.8 Å². The Morgan fingerprint density at radius 2 is 1.74 bits per heavy atom. The Morgan fingerprint density at radius 3 is 2.34 bits per heavy atom. The second-order valence-corrected chi connectivity index (χ2v) is 9.63. The molecule has 0 saturated heterocycles. The number of amides is 1. The zero-order valence-corrected chi connectivity index (χ0v) is 22.7. The highest BCUT2D eigenvalue weighted by molar-refractivity contribution is 6.30. The van der Waals surface area contributed by atoms with Gasteiger partial charge in [-0.15, -0.1) is 0 Å². The van der Waals surface area contributed by atoms with E-state index in [4.69, 9.17) is 16.3 Å². The molecule has 8 nitrogen and oxygen atoms in total. The molecule has 0 aliphatic heterocycles. The maximum Gasteiger partial charge on any atom is 0.338 e. The predicted octanol–water partition coefficient (Wildman–Crippen LogP) is 5.51. The molecule has 2 N–H and O–H groups in total. The van der Waals surface area contributed by atoms with Crippen LogP contribution in [-0.2, 0) is 29.1 Å². The largest absolute Gasteiger partial charge is 0.480 e. The molecule has 3 aromatic rings. The third-order valence-electron chi connectivity index (χ3n) is 6.53. The number of ether oxygens (including phenoxy) is 1. The van der Waals surface area contributed by atoms with E-state index in [1.54, 1.807) is 43.3 Å². The summed E-state index contributed by atoms with van der Waals surface area (Å²) in [5.41, 5.74) is 2.31. The lowest BCUT2D eigenvalue weighted by molar-refractivity contribution is -0.140. The van der Waals surface area contributed by atoms with Gasteiger partial charge in [-0.2, -0.15) is 0 Å². The maximum absolute atomic E-state index is 12.7. The molecule has 38 heavy (non-hydrogen) atoms. The van der Waals surface area contributed by atoms with Crippen LogP contribution in [0.15, 0.2) is 54.6 Å². The van der Waals surface area contributed by atoms with E-state index in [-0.39, 0.29) is 17.7 Å². The number of halogens is 1. The van der Waals surface area contributed by atoms with E-state index in [1.807, 2.05) is 29.7 Å². The number of benzene rings is 2. The van der Waals surface area contributed by atoms with Gasteiger partial charge in [0.1, 0.15) is 18.5 Å². The van der Waals surface area contributed by atoms with Crippen LogP contribution in [-0.4, -0.2) is 38.5 Å². The summed E-state index contributed by atoms with van der Waals surface area (Å²) in [5, 5.41) is 12.4. The van der Waals surface area contributed by atoms with Crippen molar-refractivity contribution in [1.82, 2.24) is 14.9 Å². The first-order valence-corrected chi connectivity index (χ1v) is 13.2. The van der Waals surface area contributed by atoms with Gasteiger partial charge >= 0.3 is 11.9 Å². The Bertz CT molecular complexity index is 1240. The van der Waals surface area contributed by atoms with Crippen LogP contribution in [0.25, 0.3) is 0 Å². The van der Waals surface area contributed by atoms with Gasteiger partial charge in [0.05, 0.1) is 11.3 Å². The highest BCUT2D eigenvalue weighted by Gasteiger charge is 2.26. The number of nitrogens with one attached hydrogen (secondary N) is 1. The van der Waals surface area contributed by atoms with E-state index in [0.717, 1.165) is 30.7 Å². The van der Waals surface area contributed by atoms with E-state index in [0.29, 0.717) is 29.8 Å². The second-order valence-electron chi connectivity index (χ2n) is 9.27. The van der Waals surface area contributed by atoms with Crippen LogP contribution < -0.4 is 5.32 Å². The van der Waals surface area contributed by atoms with Crippen molar-refractivity contribution >= 4 is 29.4 Å². The fourth-order valence-corrected chi connectivity index (χ4v) is 4.25. The number of aryl methyl sites for hydroxylation is 1. The number of carbonyl (C=O) groups is 3. The number of carboxylic acid groups (broad SMARTS) is 1. The number of unbranched alkanes of at least 4 members (excludes halogenated alkanes) is 1. The summed E-state index contributed by atoms with van der Waals surface area (Å²) in [4.78, 5) is 41.3. The molecule has 1 heterocycles. The van der Waals surface area contributed by atoms with Gasteiger partial charge in [0.25, 0.3) is 5.91 Å². The lowest BCUT2D eigenvalue weighted by Gasteiger charge is -2.20. The van der Waals surface area contributed by atoms with Crippen molar-refractivity contribution in [2.75, 3.05) is 0 Å². The number of carboxylic acids is 1. The highest BCUT2D eigenvalue weighted by atomic mass is 35.5. The van der Waals surface area contributed by atoms with Gasteiger partial charge in [0, 0.05) is 18.5 Å². The minimum Gasteiger partial charge on any atom is -0.480 e. The Balaban J connectivity index is 1.78. The lowest BCUT2D eigenvalue weighted by atomic mass is 9.99. The van der Waals surface area contributed by atoms with Crippen LogP contribution in [0.4, 0.5) is 0 Å². The van der Waals surface area contributed by atoms with Gasteiger partial charge in [-0.25, -0.2) is 14.6 Å². The Labute approximate surface area is 228 Å². The molecule has 2 aromatic carbocycles. The monoisotopic (exact) mass is 539 g/mol. The van der Waals surface area contributed by atoms with Crippen molar-refractivity contribution in [1.29, 1.82) is 0 Å². The Kier molecular flexibility index (Phi) is 10.5. The first kappa shape index (κ1) is 28.9. The number of hydrogen-bond donors (Lipinski definition) is 2. The van der Waals surface area contributed by atoms with Crippen LogP contribution in [0.3, 0.4) is 0 Å². The summed E-state index contributed by atoms with van der Waals surface area (Å²) in [7, 11) is 0. The summed E-state index contributed by atoms with van der Waals surface area (Å²) in [6.07, 6.45) is 3.26. The van der Waals surface area contributed by atoms with Gasteiger partial charge in [0.2, 0.25) is 0 Å². The first-order valence-electron chi connectivity index (χ1n) is 12.8. The quantitative estimate of drug-likeness (QED) is 0.277. The molecule has 0 aliphatic carbocycles. The Morgan fingerprint density at radius 1 is 1.05 bits per heavy atom. The van der Waals surface area contributed by atoms with E-state index >= 15 is 0 Å². The van der Waals surface area contributed by atoms with E-state index < -0.39 is 23.9 Å². The average Bonchev–Trinajstić information content (AvgIpc) is 3.22. The maximum atomic E-state index is 12.7. The summed E-state index contributed by atoms with van der Waals surface area (Å²) >= 11 is 6.48. The van der Waals surface area contributed by atoms with Crippen molar-refractivity contribution < 1.29 is 24.2 Å². The van der Waals surface area contributed by atoms with E-state index in [2.05, 4.69) is 17.2 Å². The summed E-state index contributed by atoms with van der Waals surface area (Å²) in [6.45, 7) is 6.16. The second kappa shape index (κ2) is 13.8. The Hall–Kier alpha value is -3.65. The molecule has 0 saturated carbocycles. The van der Waals surface area contributed by atoms with Crippen molar-refractivity contribution in [2.24, 2.45) is 5.92 Å². The topological polar surface area (TPSA) is 111 Å². The number of nitrogens with zero attached hydrogens (tertiary/aromatic N) is 2. The molecule has 1 aromatic heterocycles. The number of imidazole rings is 1. The van der Waals surface area contributed by atoms with Crippen LogP contribution in [0.5, 0.6) is 0 Å². The number of carbonyl (C=O) groups excluding carboxylic acids is 2. The number of esters is 1. The predicted molar refractivity (Wildman–Crippen MR) is 145 cm³/mol. The van der Waals surface area contributed by atoms with E-state index in [9.17, 15) is 19.5 Å². The highest BCUT2D eigenvalue weighted by Crippen LogP contribution is 2.22. The minimum absolute atomic E-state index is 0.0294. The lowest BCUT2D eigenvalue weighted by Crippen LogP contribution is -2.45. The van der Waals surface area contributed by atoms with Crippen molar-refractivity contribution in [2.45, 2.75) is 65.6 Å². The molecule has 0 bridgehead atoms. The fourth-order valence-electron chi connectivity index (χ4n) is 4.00. The molecule has 202 valence electrons. The molecule has 3 rings (SSSR count). The number of rotatable bonds is 13. The summed E-state index contributed by atoms with van der Waals surface area (Å²) < 4.78 is 7.49. The zero-order chi connectivity index (χ0) is 27.7. The normalized spacial score (nSPS) is 12.5. The van der Waals surface area contributed by atoms with E-state index in [1.165, 1.54) is 0 Å². The molecule has 0 spiro atoms. The molecular weight excluding hydrogens is 506 g/mol. The van der Waals surface area contributed by atoms with Gasteiger partial charge in [-0.05, 0) is 42.2 Å². The van der Waals surface area contributed by atoms with Crippen LogP contribution >= 0.6 is 11.6 Å². The molecule has 1 amide bonds. The molecule has 2 atom stereocenters. The molecular formula is C29H34ClN3O5. The third-order valence-corrected chi connectivity index (χ3v) is 6.83. The zero-order valence-electron chi connectivity index (χ0n) is 21.9. The molecule has 0 unspecified atom stereocenters. The first-order chi connectivity index (χ1) is 18.2. The van der Waals surface area contributed by atoms with Gasteiger partial charge in [-0.1, -0.05) is 75.5 Å². The molecule has 9 heteroatoms. The average molecular weight is 540 g/mol. The SMILES string of the molecule is CCCCc1nc(Cl)c(COC(=O)c2ccccc2)n1Cc1ccc(C(=O)N[C@H](C(=O)O)[C@@H](C)CC)cc1. The standard InChI is InChI=1S/C29H34ClN3O5/c1-4-6-12-24-31-26(30)23(18-38-29(37)22-10-8-7-9-11-22)33(24)17-20-13-15-21(16-14-20)27(34)32-25(28(35)36)19(3)5-2/h7-11,13-16,19,25H,4-6,12,17-18H2,1-3H3,(H,32,34)(H,35,36)/t19-,25-/m0/s1. The molecule has 0 aliphatic rings. The van der Waals surface area contributed by atoms with Gasteiger partial charge < -0.3 is 19.7 Å². The van der Waals surface area contributed by atoms with Crippen molar-refractivity contribution in [3.63, 3.8) is 0 Å². The minimum atomic E-state index is -1.05. The van der Waals surface area contributed by atoms with Crippen LogP contribution in [0.2, 0.25) is 5.15 Å². The molecule has 0 fully saturated rings. The fraction of sp³-hybridized carbons (Fsp3) is 0.379. The number of aromatic nitrogens is 2. The summed E-state index contributed by atoms with van der Waals surface area (Å²) in [5.74, 6) is -1.34. The van der Waals surface area contributed by atoms with Crippen molar-refractivity contribution in [3.05, 3.63) is 88.0 Å². The van der Waals surface area contributed by atoms with Crippen molar-refractivity contribution in [3.8, 4) is 0 Å². The third kappa shape index (κ3) is 7.44.